The van der Waals surface area contributed by atoms with E-state index in [4.69, 9.17) is 11.6 Å². The molecule has 0 spiro atoms. The van der Waals surface area contributed by atoms with Crippen molar-refractivity contribution in [1.82, 2.24) is 29.7 Å². The van der Waals surface area contributed by atoms with Gasteiger partial charge in [-0.1, -0.05) is 22.9 Å². The Morgan fingerprint density at radius 2 is 2.00 bits per heavy atom. The van der Waals surface area contributed by atoms with Gasteiger partial charge in [0.2, 0.25) is 11.9 Å². The second kappa shape index (κ2) is 9.44. The van der Waals surface area contributed by atoms with Gasteiger partial charge in [0.25, 0.3) is 5.91 Å². The first-order valence-electron chi connectivity index (χ1n) is 11.3. The third-order valence-electron chi connectivity index (χ3n) is 6.42. The van der Waals surface area contributed by atoms with E-state index in [0.29, 0.717) is 27.2 Å². The van der Waals surface area contributed by atoms with Crippen molar-refractivity contribution >= 4 is 67.1 Å². The molecule has 5 rings (SSSR count). The monoisotopic (exact) mass is 511 g/mol. The maximum Gasteiger partial charge on any atom is 0.251 e. The van der Waals surface area contributed by atoms with Gasteiger partial charge in [0.15, 0.2) is 5.13 Å². The number of thiazole rings is 1. The summed E-state index contributed by atoms with van der Waals surface area (Å²) in [5.74, 6) is 0.211. The van der Waals surface area contributed by atoms with Crippen molar-refractivity contribution < 1.29 is 9.59 Å². The number of hydrogen-bond acceptors (Lipinski definition) is 7. The first-order valence-corrected chi connectivity index (χ1v) is 12.5. The predicted octanol–water partition coefficient (Wildman–Crippen LogP) is 3.47. The first-order chi connectivity index (χ1) is 16.8. The van der Waals surface area contributed by atoms with Crippen LogP contribution in [0.3, 0.4) is 0 Å². The highest BCUT2D eigenvalue weighted by molar-refractivity contribution is 7.22. The molecule has 182 valence electrons. The highest BCUT2D eigenvalue weighted by Gasteiger charge is 2.26. The standard InChI is InChI=1S/C24H26ClN7O2S/c1-30-9-8-16(13-30)31(2)21(33)12-26-22(34)14-4-7-19-18(10-14)27-23(32(19)3)29-24-28-17-6-5-15(25)11-20(17)35-24/h4-7,10-11,16H,8-9,12-13H2,1-3H3,(H,26,34)(H,27,28,29). The summed E-state index contributed by atoms with van der Waals surface area (Å²) >= 11 is 7.57. The van der Waals surface area contributed by atoms with Crippen LogP contribution in [0.4, 0.5) is 11.1 Å². The van der Waals surface area contributed by atoms with Crippen LogP contribution in [0.2, 0.25) is 5.02 Å². The largest absolute Gasteiger partial charge is 0.343 e. The van der Waals surface area contributed by atoms with E-state index in [9.17, 15) is 9.59 Å². The Morgan fingerprint density at radius 3 is 2.77 bits per heavy atom. The smallest absolute Gasteiger partial charge is 0.251 e. The molecule has 0 aliphatic carbocycles. The van der Waals surface area contributed by atoms with E-state index >= 15 is 0 Å². The Kier molecular flexibility index (Phi) is 6.35. The average Bonchev–Trinajstić information content (AvgIpc) is 3.53. The van der Waals surface area contributed by atoms with Crippen molar-refractivity contribution in [3.8, 4) is 0 Å². The fraction of sp³-hybridized carbons (Fsp3) is 0.333. The van der Waals surface area contributed by atoms with Gasteiger partial charge in [-0.2, -0.15) is 0 Å². The number of nitrogens with zero attached hydrogens (tertiary/aromatic N) is 5. The van der Waals surface area contributed by atoms with Crippen molar-refractivity contribution in [2.24, 2.45) is 7.05 Å². The normalized spacial score (nSPS) is 16.2. The second-order valence-corrected chi connectivity index (χ2v) is 10.3. The molecule has 35 heavy (non-hydrogen) atoms. The number of benzene rings is 2. The van der Waals surface area contributed by atoms with E-state index < -0.39 is 0 Å². The number of amides is 2. The Bertz CT molecular complexity index is 1430. The number of hydrogen-bond donors (Lipinski definition) is 2. The zero-order chi connectivity index (χ0) is 24.7. The molecule has 1 fully saturated rings. The van der Waals surface area contributed by atoms with E-state index in [0.717, 1.165) is 35.2 Å². The second-order valence-electron chi connectivity index (χ2n) is 8.85. The SMILES string of the molecule is CN1CCC(N(C)C(=O)CNC(=O)c2ccc3c(c2)nc(Nc2nc4ccc(Cl)cc4s2)n3C)C1. The number of aromatic nitrogens is 3. The van der Waals surface area contributed by atoms with Crippen molar-refractivity contribution in [1.29, 1.82) is 0 Å². The van der Waals surface area contributed by atoms with Crippen LogP contribution in [0.1, 0.15) is 16.8 Å². The van der Waals surface area contributed by atoms with Gasteiger partial charge >= 0.3 is 0 Å². The molecule has 1 saturated heterocycles. The average molecular weight is 512 g/mol. The highest BCUT2D eigenvalue weighted by atomic mass is 35.5. The molecule has 2 aromatic heterocycles. The molecule has 1 aliphatic heterocycles. The predicted molar refractivity (Wildman–Crippen MR) is 140 cm³/mol. The summed E-state index contributed by atoms with van der Waals surface area (Å²) in [4.78, 5) is 38.5. The summed E-state index contributed by atoms with van der Waals surface area (Å²) in [6.07, 6.45) is 0.949. The molecule has 2 aromatic carbocycles. The number of halogens is 1. The summed E-state index contributed by atoms with van der Waals surface area (Å²) in [7, 11) is 5.74. The van der Waals surface area contributed by atoms with Gasteiger partial charge < -0.3 is 25.0 Å². The molecule has 0 bridgehead atoms. The molecule has 1 aliphatic rings. The summed E-state index contributed by atoms with van der Waals surface area (Å²) < 4.78 is 2.89. The van der Waals surface area contributed by atoms with Crippen LogP contribution >= 0.6 is 22.9 Å². The molecule has 4 aromatic rings. The van der Waals surface area contributed by atoms with Gasteiger partial charge in [-0.15, -0.1) is 0 Å². The number of likely N-dealkylation sites (N-methyl/N-ethyl adjacent to an activating group) is 2. The van der Waals surface area contributed by atoms with Crippen LogP contribution in [0.25, 0.3) is 21.3 Å². The van der Waals surface area contributed by atoms with Crippen LogP contribution in [0.5, 0.6) is 0 Å². The van der Waals surface area contributed by atoms with Gasteiger partial charge in [0.1, 0.15) is 0 Å². The summed E-state index contributed by atoms with van der Waals surface area (Å²) in [5, 5.41) is 7.38. The van der Waals surface area contributed by atoms with E-state index in [1.807, 2.05) is 42.9 Å². The Balaban J connectivity index is 1.27. The molecule has 1 atom stereocenters. The third-order valence-corrected chi connectivity index (χ3v) is 7.59. The number of rotatable bonds is 6. The summed E-state index contributed by atoms with van der Waals surface area (Å²) in [6.45, 7) is 1.79. The fourth-order valence-electron chi connectivity index (χ4n) is 4.31. The van der Waals surface area contributed by atoms with Crippen LogP contribution in [-0.2, 0) is 11.8 Å². The minimum Gasteiger partial charge on any atom is -0.343 e. The van der Waals surface area contributed by atoms with Crippen LogP contribution in [0.15, 0.2) is 36.4 Å². The summed E-state index contributed by atoms with van der Waals surface area (Å²) in [6, 6.07) is 11.1. The number of nitrogens with one attached hydrogen (secondary N) is 2. The molecule has 0 radical (unpaired) electrons. The van der Waals surface area contributed by atoms with Crippen LogP contribution in [-0.4, -0.2) is 75.9 Å². The summed E-state index contributed by atoms with van der Waals surface area (Å²) in [5.41, 5.74) is 2.85. The van der Waals surface area contributed by atoms with E-state index in [1.165, 1.54) is 11.3 Å². The van der Waals surface area contributed by atoms with Crippen molar-refractivity contribution in [2.75, 3.05) is 39.0 Å². The van der Waals surface area contributed by atoms with Crippen LogP contribution < -0.4 is 10.6 Å². The van der Waals surface area contributed by atoms with Gasteiger partial charge in [-0.25, -0.2) is 9.97 Å². The molecule has 2 N–H and O–H groups in total. The lowest BCUT2D eigenvalue weighted by Crippen LogP contribution is -2.44. The van der Waals surface area contributed by atoms with Crippen molar-refractivity contribution in [3.63, 3.8) is 0 Å². The van der Waals surface area contributed by atoms with E-state index in [-0.39, 0.29) is 24.4 Å². The lowest BCUT2D eigenvalue weighted by molar-refractivity contribution is -0.130. The Hall–Kier alpha value is -3.21. The lowest BCUT2D eigenvalue weighted by Gasteiger charge is -2.24. The number of imidazole rings is 1. The number of carbonyl (C=O) groups excluding carboxylic acids is 2. The highest BCUT2D eigenvalue weighted by Crippen LogP contribution is 2.31. The molecule has 11 heteroatoms. The zero-order valence-corrected chi connectivity index (χ0v) is 21.3. The minimum absolute atomic E-state index is 0.0375. The van der Waals surface area contributed by atoms with Crippen LogP contribution in [0, 0.1) is 0 Å². The topological polar surface area (TPSA) is 95.4 Å². The number of likely N-dealkylation sites (tertiary alicyclic amines) is 1. The Morgan fingerprint density at radius 1 is 1.17 bits per heavy atom. The number of fused-ring (bicyclic) bond motifs is 2. The number of anilines is 2. The fourth-order valence-corrected chi connectivity index (χ4v) is 5.45. The molecule has 9 nitrogen and oxygen atoms in total. The van der Waals surface area contributed by atoms with E-state index in [1.54, 1.807) is 24.1 Å². The zero-order valence-electron chi connectivity index (χ0n) is 19.7. The van der Waals surface area contributed by atoms with E-state index in [2.05, 4.69) is 25.5 Å². The molecular formula is C24H26ClN7O2S. The number of aryl methyl sites for hydroxylation is 1. The Labute approximate surface area is 211 Å². The molecule has 2 amide bonds. The molecule has 0 saturated carbocycles. The molecular weight excluding hydrogens is 486 g/mol. The lowest BCUT2D eigenvalue weighted by atomic mass is 10.2. The maximum absolute atomic E-state index is 12.7. The third kappa shape index (κ3) is 4.82. The minimum atomic E-state index is -0.305. The first kappa shape index (κ1) is 23.5. The molecule has 1 unspecified atom stereocenters. The van der Waals surface area contributed by atoms with Crippen molar-refractivity contribution in [2.45, 2.75) is 12.5 Å². The van der Waals surface area contributed by atoms with Gasteiger partial charge in [0.05, 0.1) is 27.8 Å². The maximum atomic E-state index is 12.7. The number of carbonyl (C=O) groups is 2. The van der Waals surface area contributed by atoms with Gasteiger partial charge in [0, 0.05) is 37.3 Å². The molecule has 3 heterocycles. The quantitative estimate of drug-likeness (QED) is 0.411. The van der Waals surface area contributed by atoms with Crippen molar-refractivity contribution in [3.05, 3.63) is 47.0 Å². The van der Waals surface area contributed by atoms with Gasteiger partial charge in [-0.05, 0) is 56.4 Å². The van der Waals surface area contributed by atoms with Gasteiger partial charge in [-0.3, -0.25) is 9.59 Å².